The fraction of sp³-hybridized carbons (Fsp3) is 0.179. The first-order chi connectivity index (χ1) is 18.3. The van der Waals surface area contributed by atoms with Crippen molar-refractivity contribution in [3.05, 3.63) is 109 Å². The maximum Gasteiger partial charge on any atom is 0.271 e. The van der Waals surface area contributed by atoms with Crippen molar-refractivity contribution in [2.75, 3.05) is 31.1 Å². The third-order valence-corrected chi connectivity index (χ3v) is 7.59. The maximum atomic E-state index is 13.6. The van der Waals surface area contributed by atoms with E-state index in [-0.39, 0.29) is 23.8 Å². The van der Waals surface area contributed by atoms with Crippen LogP contribution in [0.1, 0.15) is 21.5 Å². The second kappa shape index (κ2) is 10.7. The summed E-state index contributed by atoms with van der Waals surface area (Å²) in [5.74, 6) is -0.547. The minimum absolute atomic E-state index is 0.00821. The average Bonchev–Trinajstić information content (AvgIpc) is 2.92. The first-order valence-corrected chi connectivity index (χ1v) is 12.9. The van der Waals surface area contributed by atoms with Gasteiger partial charge in [-0.3, -0.25) is 9.59 Å². The fourth-order valence-electron chi connectivity index (χ4n) is 4.72. The normalized spacial score (nSPS) is 13.6. The van der Waals surface area contributed by atoms with Crippen molar-refractivity contribution in [2.45, 2.75) is 6.54 Å². The van der Waals surface area contributed by atoms with Crippen molar-refractivity contribution in [3.8, 4) is 6.07 Å². The highest BCUT2D eigenvalue weighted by Crippen LogP contribution is 2.32. The number of amides is 1. The number of benzene rings is 3. The van der Waals surface area contributed by atoms with Crippen LogP contribution in [-0.2, 0) is 6.54 Å². The Morgan fingerprint density at radius 2 is 1.63 bits per heavy atom. The number of piperazine rings is 1. The number of aromatic nitrogens is 1. The number of carbonyl (C=O) groups excluding carboxylic acids is 1. The van der Waals surface area contributed by atoms with Crippen LogP contribution in [0.5, 0.6) is 0 Å². The number of carbonyl (C=O) groups is 1. The monoisotopic (exact) mass is 568 g/mol. The zero-order chi connectivity index (χ0) is 27.0. The van der Waals surface area contributed by atoms with E-state index >= 15 is 0 Å². The second-order valence-electron chi connectivity index (χ2n) is 8.92. The summed E-state index contributed by atoms with van der Waals surface area (Å²) in [5.41, 5.74) is 1.79. The minimum atomic E-state index is -0.448. The van der Waals surface area contributed by atoms with Crippen LogP contribution in [0.25, 0.3) is 10.9 Å². The van der Waals surface area contributed by atoms with Crippen molar-refractivity contribution >= 4 is 57.3 Å². The molecule has 1 aliphatic rings. The van der Waals surface area contributed by atoms with Crippen molar-refractivity contribution in [1.82, 2.24) is 9.47 Å². The maximum absolute atomic E-state index is 13.6. The summed E-state index contributed by atoms with van der Waals surface area (Å²) in [6.45, 7) is 1.74. The fourth-order valence-corrected chi connectivity index (χ4v) is 5.19. The number of hydrogen-bond acceptors (Lipinski definition) is 4. The van der Waals surface area contributed by atoms with Gasteiger partial charge in [0.25, 0.3) is 11.5 Å². The Kier molecular flexibility index (Phi) is 7.31. The summed E-state index contributed by atoms with van der Waals surface area (Å²) in [6, 6.07) is 17.9. The first-order valence-electron chi connectivity index (χ1n) is 11.8. The van der Waals surface area contributed by atoms with Gasteiger partial charge in [0.1, 0.15) is 17.4 Å². The van der Waals surface area contributed by atoms with E-state index in [0.717, 1.165) is 5.56 Å². The van der Waals surface area contributed by atoms with E-state index in [4.69, 9.17) is 34.8 Å². The predicted molar refractivity (Wildman–Crippen MR) is 148 cm³/mol. The second-order valence-corrected chi connectivity index (χ2v) is 10.2. The quantitative estimate of drug-likeness (QED) is 0.303. The average molecular weight is 570 g/mol. The number of halogens is 4. The van der Waals surface area contributed by atoms with Crippen LogP contribution in [-0.4, -0.2) is 41.6 Å². The first kappa shape index (κ1) is 26.1. The van der Waals surface area contributed by atoms with Crippen molar-refractivity contribution < 1.29 is 9.18 Å². The summed E-state index contributed by atoms with van der Waals surface area (Å²) in [6.07, 6.45) is 0. The largest absolute Gasteiger partial charge is 0.366 e. The van der Waals surface area contributed by atoms with Crippen LogP contribution in [0.3, 0.4) is 0 Å². The van der Waals surface area contributed by atoms with Crippen LogP contribution in [0, 0.1) is 17.1 Å². The molecular formula is C28H20Cl3FN4O2. The van der Waals surface area contributed by atoms with Gasteiger partial charge in [0.15, 0.2) is 0 Å². The predicted octanol–water partition coefficient (Wildman–Crippen LogP) is 5.98. The molecule has 1 aliphatic heterocycles. The highest BCUT2D eigenvalue weighted by Gasteiger charge is 2.27. The third kappa shape index (κ3) is 4.95. The standard InChI is InChI=1S/C28H20Cl3FN4O2/c29-19-4-8-25-21(14-19)26(22(15-33)28(38)36(25)16-17-1-5-20(32)6-2-17)34-9-11-35(12-10-34)27(37)18-3-7-23(30)24(31)13-18/h1-8,13-14H,9-12,16H2. The minimum Gasteiger partial charge on any atom is -0.366 e. The molecule has 0 spiro atoms. The SMILES string of the molecule is N#Cc1c(N2CCN(C(=O)c3ccc(Cl)c(Cl)c3)CC2)c2cc(Cl)ccc2n(Cc2ccc(F)cc2)c1=O. The van der Waals surface area contributed by atoms with Gasteiger partial charge in [0.2, 0.25) is 0 Å². The molecule has 1 aromatic heterocycles. The number of rotatable bonds is 4. The molecule has 5 rings (SSSR count). The Morgan fingerprint density at radius 1 is 0.921 bits per heavy atom. The number of anilines is 1. The molecule has 0 saturated carbocycles. The summed E-state index contributed by atoms with van der Waals surface area (Å²) in [4.78, 5) is 30.3. The smallest absolute Gasteiger partial charge is 0.271 e. The summed E-state index contributed by atoms with van der Waals surface area (Å²) < 4.78 is 14.9. The van der Waals surface area contributed by atoms with E-state index in [1.165, 1.54) is 16.7 Å². The third-order valence-electron chi connectivity index (χ3n) is 6.62. The molecule has 0 atom stereocenters. The van der Waals surface area contributed by atoms with E-state index in [2.05, 4.69) is 6.07 Å². The van der Waals surface area contributed by atoms with Gasteiger partial charge in [-0.05, 0) is 54.1 Å². The van der Waals surface area contributed by atoms with E-state index in [1.807, 2.05) is 4.90 Å². The van der Waals surface area contributed by atoms with Gasteiger partial charge in [-0.1, -0.05) is 46.9 Å². The lowest BCUT2D eigenvalue weighted by Gasteiger charge is -2.37. The van der Waals surface area contributed by atoms with Crippen LogP contribution in [0.15, 0.2) is 65.5 Å². The molecule has 1 saturated heterocycles. The Bertz CT molecular complexity index is 1660. The van der Waals surface area contributed by atoms with E-state index < -0.39 is 5.56 Å². The van der Waals surface area contributed by atoms with Crippen LogP contribution in [0.2, 0.25) is 15.1 Å². The Morgan fingerprint density at radius 3 is 2.29 bits per heavy atom. The molecular weight excluding hydrogens is 550 g/mol. The number of fused-ring (bicyclic) bond motifs is 1. The number of hydrogen-bond donors (Lipinski definition) is 0. The zero-order valence-electron chi connectivity index (χ0n) is 19.9. The molecule has 6 nitrogen and oxygen atoms in total. The highest BCUT2D eigenvalue weighted by molar-refractivity contribution is 6.42. The lowest BCUT2D eigenvalue weighted by molar-refractivity contribution is 0.0747. The molecule has 192 valence electrons. The van der Waals surface area contributed by atoms with Gasteiger partial charge >= 0.3 is 0 Å². The van der Waals surface area contributed by atoms with Gasteiger partial charge in [0, 0.05) is 42.2 Å². The van der Waals surface area contributed by atoms with E-state index in [1.54, 1.807) is 53.4 Å². The topological polar surface area (TPSA) is 69.3 Å². The molecule has 1 fully saturated rings. The van der Waals surface area contributed by atoms with E-state index in [9.17, 15) is 19.2 Å². The molecule has 4 aromatic rings. The molecule has 1 amide bonds. The summed E-state index contributed by atoms with van der Waals surface area (Å²) >= 11 is 18.4. The molecule has 0 bridgehead atoms. The van der Waals surface area contributed by atoms with Gasteiger partial charge in [-0.2, -0.15) is 5.26 Å². The molecule has 38 heavy (non-hydrogen) atoms. The molecule has 0 N–H and O–H groups in total. The zero-order valence-corrected chi connectivity index (χ0v) is 22.2. The van der Waals surface area contributed by atoms with Gasteiger partial charge in [-0.25, -0.2) is 4.39 Å². The Hall–Kier alpha value is -3.57. The lowest BCUT2D eigenvalue weighted by Crippen LogP contribution is -2.49. The molecule has 0 radical (unpaired) electrons. The van der Waals surface area contributed by atoms with Gasteiger partial charge in [0.05, 0.1) is 27.8 Å². The number of pyridine rings is 1. The Balaban J connectivity index is 1.50. The van der Waals surface area contributed by atoms with Crippen LogP contribution < -0.4 is 10.5 Å². The van der Waals surface area contributed by atoms with Crippen molar-refractivity contribution in [3.63, 3.8) is 0 Å². The summed E-state index contributed by atoms with van der Waals surface area (Å²) in [7, 11) is 0. The molecule has 10 heteroatoms. The lowest BCUT2D eigenvalue weighted by atomic mass is 10.1. The van der Waals surface area contributed by atoms with Crippen molar-refractivity contribution in [1.29, 1.82) is 5.26 Å². The molecule has 0 aliphatic carbocycles. The molecule has 0 unspecified atom stereocenters. The summed E-state index contributed by atoms with van der Waals surface area (Å²) in [5, 5.41) is 11.9. The highest BCUT2D eigenvalue weighted by atomic mass is 35.5. The van der Waals surface area contributed by atoms with Gasteiger partial charge in [-0.15, -0.1) is 0 Å². The van der Waals surface area contributed by atoms with Gasteiger partial charge < -0.3 is 14.4 Å². The molecule has 2 heterocycles. The Labute approximate surface area is 233 Å². The van der Waals surface area contributed by atoms with Crippen LogP contribution >= 0.6 is 34.8 Å². The van der Waals surface area contributed by atoms with E-state index in [0.29, 0.717) is 63.4 Å². The number of nitrogens with zero attached hydrogens (tertiary/aromatic N) is 4. The number of nitriles is 1. The molecule has 3 aromatic carbocycles. The van der Waals surface area contributed by atoms with Crippen LogP contribution in [0.4, 0.5) is 10.1 Å². The van der Waals surface area contributed by atoms with Crippen molar-refractivity contribution in [2.24, 2.45) is 0 Å².